The Morgan fingerprint density at radius 2 is 1.38 bits per heavy atom. The highest BCUT2D eigenvalue weighted by Crippen LogP contribution is 2.07. The summed E-state index contributed by atoms with van der Waals surface area (Å²) in [5.41, 5.74) is 0. The van der Waals surface area contributed by atoms with Crippen molar-refractivity contribution in [2.75, 3.05) is 0 Å². The first-order chi connectivity index (χ1) is 10.3. The maximum Gasteiger partial charge on any atom is 0.253 e. The normalized spacial score (nSPS) is 11.2. The van der Waals surface area contributed by atoms with Crippen LogP contribution in [0.25, 0.3) is 0 Å². The lowest BCUT2D eigenvalue weighted by molar-refractivity contribution is -0.702. The molecule has 0 aliphatic heterocycles. The van der Waals surface area contributed by atoms with Crippen LogP contribution in [-0.2, 0) is 13.1 Å². The molecule has 2 heteroatoms. The standard InChI is InChI=1S/C19H37N2/c1-4-6-8-10-12-14-16-21-18-17-20(19(21)3)15-13-11-9-7-5-2/h17-18H,4-16H2,1-3H3/q+1. The molecule has 0 aliphatic rings. The van der Waals surface area contributed by atoms with Crippen molar-refractivity contribution in [2.24, 2.45) is 0 Å². The van der Waals surface area contributed by atoms with E-state index in [0.717, 1.165) is 0 Å². The molecule has 0 saturated carbocycles. The molecule has 21 heavy (non-hydrogen) atoms. The first kappa shape index (κ1) is 18.3. The van der Waals surface area contributed by atoms with E-state index in [4.69, 9.17) is 0 Å². The van der Waals surface area contributed by atoms with Crippen molar-refractivity contribution in [1.29, 1.82) is 0 Å². The van der Waals surface area contributed by atoms with Crippen LogP contribution in [0.5, 0.6) is 0 Å². The van der Waals surface area contributed by atoms with Gasteiger partial charge < -0.3 is 0 Å². The second-order valence-electron chi connectivity index (χ2n) is 6.41. The summed E-state index contributed by atoms with van der Waals surface area (Å²) in [6.07, 6.45) is 19.7. The lowest BCUT2D eigenvalue weighted by Gasteiger charge is -2.02. The number of imidazole rings is 1. The predicted molar refractivity (Wildman–Crippen MR) is 91.5 cm³/mol. The highest BCUT2D eigenvalue weighted by atomic mass is 15.1. The van der Waals surface area contributed by atoms with E-state index in [1.54, 1.807) is 0 Å². The molecule has 0 unspecified atom stereocenters. The molecule has 0 saturated heterocycles. The van der Waals surface area contributed by atoms with Gasteiger partial charge in [0.05, 0.1) is 13.1 Å². The van der Waals surface area contributed by atoms with Crippen molar-refractivity contribution in [3.8, 4) is 0 Å². The quantitative estimate of drug-likeness (QED) is 0.339. The molecule has 0 N–H and O–H groups in total. The summed E-state index contributed by atoms with van der Waals surface area (Å²) < 4.78 is 4.87. The predicted octanol–water partition coefficient (Wildman–Crippen LogP) is 5.41. The molecule has 2 nitrogen and oxygen atoms in total. The van der Waals surface area contributed by atoms with Crippen molar-refractivity contribution < 1.29 is 4.57 Å². The molecule has 1 aromatic rings. The molecule has 0 amide bonds. The van der Waals surface area contributed by atoms with Crippen LogP contribution >= 0.6 is 0 Å². The number of nitrogens with zero attached hydrogens (tertiary/aromatic N) is 2. The Balaban J connectivity index is 2.18. The smallest absolute Gasteiger partial charge is 0.234 e. The Hall–Kier alpha value is -0.790. The van der Waals surface area contributed by atoms with Gasteiger partial charge in [-0.3, -0.25) is 0 Å². The lowest BCUT2D eigenvalue weighted by atomic mass is 10.1. The summed E-state index contributed by atoms with van der Waals surface area (Å²) in [6, 6.07) is 0. The molecule has 1 rings (SSSR count). The minimum absolute atomic E-state index is 1.19. The second kappa shape index (κ2) is 11.8. The summed E-state index contributed by atoms with van der Waals surface area (Å²) in [4.78, 5) is 0. The van der Waals surface area contributed by atoms with Gasteiger partial charge in [0, 0.05) is 6.92 Å². The Labute approximate surface area is 132 Å². The average Bonchev–Trinajstić information content (AvgIpc) is 2.83. The SMILES string of the molecule is CCCCCCCC[n+]1ccn(CCCCCCC)c1C. The monoisotopic (exact) mass is 293 g/mol. The average molecular weight is 294 g/mol. The van der Waals surface area contributed by atoms with E-state index in [-0.39, 0.29) is 0 Å². The van der Waals surface area contributed by atoms with E-state index in [1.807, 2.05) is 0 Å². The molecule has 0 spiro atoms. The van der Waals surface area contributed by atoms with Crippen molar-refractivity contribution in [1.82, 2.24) is 4.57 Å². The first-order valence-corrected chi connectivity index (χ1v) is 9.34. The van der Waals surface area contributed by atoms with Crippen LogP contribution in [0, 0.1) is 6.92 Å². The Kier molecular flexibility index (Phi) is 10.3. The molecular formula is C19H37N2+. The van der Waals surface area contributed by atoms with E-state index in [0.29, 0.717) is 0 Å². The third-order valence-corrected chi connectivity index (χ3v) is 4.51. The Morgan fingerprint density at radius 3 is 2.05 bits per heavy atom. The molecule has 0 fully saturated rings. The molecular weight excluding hydrogens is 256 g/mol. The van der Waals surface area contributed by atoms with Crippen LogP contribution in [0.3, 0.4) is 0 Å². The molecule has 0 aliphatic carbocycles. The molecule has 0 atom stereocenters. The third-order valence-electron chi connectivity index (χ3n) is 4.51. The first-order valence-electron chi connectivity index (χ1n) is 9.34. The van der Waals surface area contributed by atoms with Crippen LogP contribution in [0.4, 0.5) is 0 Å². The summed E-state index contributed by atoms with van der Waals surface area (Å²) in [5.74, 6) is 1.43. The number of hydrogen-bond donors (Lipinski definition) is 0. The topological polar surface area (TPSA) is 8.81 Å². The molecule has 0 radical (unpaired) electrons. The van der Waals surface area contributed by atoms with Gasteiger partial charge in [0.15, 0.2) is 0 Å². The van der Waals surface area contributed by atoms with Crippen molar-refractivity contribution in [3.05, 3.63) is 18.2 Å². The van der Waals surface area contributed by atoms with E-state index in [9.17, 15) is 0 Å². The zero-order valence-electron chi connectivity index (χ0n) is 14.7. The van der Waals surface area contributed by atoms with Gasteiger partial charge in [-0.1, -0.05) is 58.8 Å². The zero-order chi connectivity index (χ0) is 15.3. The Morgan fingerprint density at radius 1 is 0.810 bits per heavy atom. The van der Waals surface area contributed by atoms with Gasteiger partial charge in [0.1, 0.15) is 12.4 Å². The second-order valence-corrected chi connectivity index (χ2v) is 6.41. The summed E-state index contributed by atoms with van der Waals surface area (Å²) in [7, 11) is 0. The number of rotatable bonds is 13. The number of aromatic nitrogens is 2. The summed E-state index contributed by atoms with van der Waals surface area (Å²) in [6.45, 7) is 9.22. The maximum atomic E-state index is 2.44. The third kappa shape index (κ3) is 7.68. The fourth-order valence-corrected chi connectivity index (χ4v) is 2.96. The van der Waals surface area contributed by atoms with Crippen molar-refractivity contribution in [3.63, 3.8) is 0 Å². The van der Waals surface area contributed by atoms with E-state index < -0.39 is 0 Å². The molecule has 122 valence electrons. The molecule has 0 bridgehead atoms. The Bertz CT molecular complexity index is 354. The van der Waals surface area contributed by atoms with Gasteiger partial charge in [-0.25, -0.2) is 9.13 Å². The van der Waals surface area contributed by atoms with Gasteiger partial charge in [-0.2, -0.15) is 0 Å². The fraction of sp³-hybridized carbons (Fsp3) is 0.842. The van der Waals surface area contributed by atoms with Crippen molar-refractivity contribution >= 4 is 0 Å². The lowest BCUT2D eigenvalue weighted by Crippen LogP contribution is -2.35. The van der Waals surface area contributed by atoms with Crippen LogP contribution in [0.15, 0.2) is 12.4 Å². The highest BCUT2D eigenvalue weighted by molar-refractivity contribution is 4.79. The van der Waals surface area contributed by atoms with Gasteiger partial charge in [0.2, 0.25) is 0 Å². The minimum Gasteiger partial charge on any atom is -0.234 e. The molecule has 1 aromatic heterocycles. The van der Waals surface area contributed by atoms with Crippen LogP contribution < -0.4 is 4.57 Å². The van der Waals surface area contributed by atoms with Gasteiger partial charge in [0.25, 0.3) is 5.82 Å². The van der Waals surface area contributed by atoms with Crippen LogP contribution in [-0.4, -0.2) is 4.57 Å². The minimum atomic E-state index is 1.19. The van der Waals surface area contributed by atoms with Crippen molar-refractivity contribution in [2.45, 2.75) is 104 Å². The largest absolute Gasteiger partial charge is 0.253 e. The summed E-state index contributed by atoms with van der Waals surface area (Å²) in [5, 5.41) is 0. The number of hydrogen-bond acceptors (Lipinski definition) is 0. The fourth-order valence-electron chi connectivity index (χ4n) is 2.96. The molecule has 0 aromatic carbocycles. The van der Waals surface area contributed by atoms with E-state index >= 15 is 0 Å². The van der Waals surface area contributed by atoms with E-state index in [1.165, 1.54) is 89.5 Å². The van der Waals surface area contributed by atoms with Gasteiger partial charge in [-0.15, -0.1) is 0 Å². The number of unbranched alkanes of at least 4 members (excludes halogenated alkanes) is 9. The summed E-state index contributed by atoms with van der Waals surface area (Å²) >= 11 is 0. The zero-order valence-corrected chi connectivity index (χ0v) is 14.7. The highest BCUT2D eigenvalue weighted by Gasteiger charge is 2.11. The maximum absolute atomic E-state index is 2.44. The number of aryl methyl sites for hydroxylation is 2. The van der Waals surface area contributed by atoms with E-state index in [2.05, 4.69) is 42.3 Å². The van der Waals surface area contributed by atoms with Gasteiger partial charge in [-0.05, 0) is 25.7 Å². The molecule has 1 heterocycles. The van der Waals surface area contributed by atoms with Crippen LogP contribution in [0.2, 0.25) is 0 Å². The van der Waals surface area contributed by atoms with Gasteiger partial charge >= 0.3 is 0 Å². The van der Waals surface area contributed by atoms with Crippen LogP contribution in [0.1, 0.15) is 90.3 Å².